The summed E-state index contributed by atoms with van der Waals surface area (Å²) in [5, 5.41) is 8.61. The monoisotopic (exact) mass is 304 g/mol. The van der Waals surface area contributed by atoms with Crippen LogP contribution in [0.15, 0.2) is 0 Å². The molecule has 0 atom stereocenters. The molecule has 0 saturated heterocycles. The average Bonchev–Trinajstić information content (AvgIpc) is 2.50. The Labute approximate surface area is 131 Å². The summed E-state index contributed by atoms with van der Waals surface area (Å²) < 4.78 is 16.6. The molecule has 0 aliphatic rings. The molecule has 0 aromatic heterocycles. The Balaban J connectivity index is 2.90. The van der Waals surface area contributed by atoms with E-state index >= 15 is 0 Å². The molecule has 0 bridgehead atoms. The molecule has 1 N–H and O–H groups in total. The van der Waals surface area contributed by atoms with Gasteiger partial charge in [0, 0.05) is 46.2 Å². The van der Waals surface area contributed by atoms with Crippen molar-refractivity contribution < 1.29 is 19.3 Å². The number of aliphatic hydroxyl groups is 1. The smallest absolute Gasteiger partial charge is 0.0466 e. The van der Waals surface area contributed by atoms with Crippen LogP contribution in [0.2, 0.25) is 0 Å². The fourth-order valence-corrected chi connectivity index (χ4v) is 1.89. The van der Waals surface area contributed by atoms with Crippen molar-refractivity contribution >= 4 is 0 Å². The molecule has 21 heavy (non-hydrogen) atoms. The number of hydrogen-bond donors (Lipinski definition) is 1. The SMILES string of the molecule is CCCCCOCCCCOCCCCOCCCCO. The van der Waals surface area contributed by atoms with Crippen LogP contribution in [0.5, 0.6) is 0 Å². The van der Waals surface area contributed by atoms with Gasteiger partial charge in [-0.2, -0.15) is 0 Å². The van der Waals surface area contributed by atoms with Crippen LogP contribution in [0.1, 0.15) is 64.7 Å². The lowest BCUT2D eigenvalue weighted by Crippen LogP contribution is -2.03. The highest BCUT2D eigenvalue weighted by atomic mass is 16.5. The van der Waals surface area contributed by atoms with Crippen molar-refractivity contribution in [3.8, 4) is 0 Å². The first-order valence-electron chi connectivity index (χ1n) is 8.76. The molecule has 0 aromatic rings. The van der Waals surface area contributed by atoms with E-state index in [1.165, 1.54) is 19.3 Å². The molecule has 0 aromatic carbocycles. The van der Waals surface area contributed by atoms with Crippen LogP contribution in [0.3, 0.4) is 0 Å². The normalized spacial score (nSPS) is 11.1. The molecule has 128 valence electrons. The number of unbranched alkanes of at least 4 members (excludes halogenated alkanes) is 5. The molecule has 0 unspecified atom stereocenters. The van der Waals surface area contributed by atoms with E-state index in [1.54, 1.807) is 0 Å². The van der Waals surface area contributed by atoms with Gasteiger partial charge in [-0.15, -0.1) is 0 Å². The molecule has 0 fully saturated rings. The minimum absolute atomic E-state index is 0.265. The van der Waals surface area contributed by atoms with Crippen molar-refractivity contribution in [2.24, 2.45) is 0 Å². The van der Waals surface area contributed by atoms with Crippen LogP contribution < -0.4 is 0 Å². The minimum Gasteiger partial charge on any atom is -0.396 e. The highest BCUT2D eigenvalue weighted by Crippen LogP contribution is 1.98. The quantitative estimate of drug-likeness (QED) is 0.393. The van der Waals surface area contributed by atoms with E-state index in [-0.39, 0.29) is 6.61 Å². The second kappa shape index (κ2) is 19.8. The van der Waals surface area contributed by atoms with E-state index in [1.807, 2.05) is 0 Å². The predicted octanol–water partition coefficient (Wildman–Crippen LogP) is 3.56. The molecule has 0 spiro atoms. The van der Waals surface area contributed by atoms with Crippen LogP contribution in [0.4, 0.5) is 0 Å². The van der Waals surface area contributed by atoms with Gasteiger partial charge in [-0.1, -0.05) is 19.8 Å². The third-order valence-corrected chi connectivity index (χ3v) is 3.24. The molecule has 0 saturated carbocycles. The maximum Gasteiger partial charge on any atom is 0.0466 e. The van der Waals surface area contributed by atoms with E-state index in [0.717, 1.165) is 78.2 Å². The molecular weight excluding hydrogens is 268 g/mol. The van der Waals surface area contributed by atoms with Gasteiger partial charge in [0.05, 0.1) is 0 Å². The number of hydrogen-bond acceptors (Lipinski definition) is 4. The molecule has 0 aliphatic heterocycles. The van der Waals surface area contributed by atoms with Crippen LogP contribution in [-0.2, 0) is 14.2 Å². The molecule has 4 nitrogen and oxygen atoms in total. The lowest BCUT2D eigenvalue weighted by molar-refractivity contribution is 0.0883. The summed E-state index contributed by atoms with van der Waals surface area (Å²) in [7, 11) is 0. The molecule has 4 heteroatoms. The summed E-state index contributed by atoms with van der Waals surface area (Å²) in [5.41, 5.74) is 0. The summed E-state index contributed by atoms with van der Waals surface area (Å²) in [5.74, 6) is 0. The van der Waals surface area contributed by atoms with Gasteiger partial charge < -0.3 is 19.3 Å². The van der Waals surface area contributed by atoms with Gasteiger partial charge in [0.15, 0.2) is 0 Å². The molecule has 0 radical (unpaired) electrons. The Morgan fingerprint density at radius 1 is 0.524 bits per heavy atom. The predicted molar refractivity (Wildman–Crippen MR) is 86.8 cm³/mol. The van der Waals surface area contributed by atoms with Crippen molar-refractivity contribution in [3.63, 3.8) is 0 Å². The number of ether oxygens (including phenoxy) is 3. The Morgan fingerprint density at radius 3 is 1.19 bits per heavy atom. The summed E-state index contributed by atoms with van der Waals surface area (Å²) in [4.78, 5) is 0. The van der Waals surface area contributed by atoms with Gasteiger partial charge in [0.1, 0.15) is 0 Å². The van der Waals surface area contributed by atoms with Crippen LogP contribution in [0.25, 0.3) is 0 Å². The van der Waals surface area contributed by atoms with Crippen molar-refractivity contribution in [1.82, 2.24) is 0 Å². The maximum absolute atomic E-state index is 8.61. The fraction of sp³-hybridized carbons (Fsp3) is 1.00. The van der Waals surface area contributed by atoms with Crippen molar-refractivity contribution in [1.29, 1.82) is 0 Å². The van der Waals surface area contributed by atoms with Crippen molar-refractivity contribution in [2.45, 2.75) is 64.7 Å². The lowest BCUT2D eigenvalue weighted by Gasteiger charge is -2.06. The standard InChI is InChI=1S/C17H36O4/c1-2-3-5-12-19-14-7-9-16-21-17-10-8-15-20-13-6-4-11-18/h18H,2-17H2,1H3. The van der Waals surface area contributed by atoms with Crippen LogP contribution in [0, 0.1) is 0 Å². The molecule has 0 amide bonds. The summed E-state index contributed by atoms with van der Waals surface area (Å²) in [6, 6.07) is 0. The number of aliphatic hydroxyl groups excluding tert-OH is 1. The third kappa shape index (κ3) is 19.8. The van der Waals surface area contributed by atoms with Gasteiger partial charge in [0.25, 0.3) is 0 Å². The first-order chi connectivity index (χ1) is 10.4. The molecule has 0 heterocycles. The average molecular weight is 304 g/mol. The largest absolute Gasteiger partial charge is 0.396 e. The topological polar surface area (TPSA) is 47.9 Å². The fourth-order valence-electron chi connectivity index (χ4n) is 1.89. The first-order valence-corrected chi connectivity index (χ1v) is 8.76. The zero-order valence-corrected chi connectivity index (χ0v) is 14.0. The zero-order valence-electron chi connectivity index (χ0n) is 14.0. The van der Waals surface area contributed by atoms with Gasteiger partial charge in [-0.05, 0) is 44.9 Å². The highest BCUT2D eigenvalue weighted by Gasteiger charge is 1.94. The van der Waals surface area contributed by atoms with Gasteiger partial charge >= 0.3 is 0 Å². The summed E-state index contributed by atoms with van der Waals surface area (Å²) in [6.07, 6.45) is 9.81. The Morgan fingerprint density at radius 2 is 0.857 bits per heavy atom. The van der Waals surface area contributed by atoms with Crippen molar-refractivity contribution in [3.05, 3.63) is 0 Å². The van der Waals surface area contributed by atoms with Crippen LogP contribution in [-0.4, -0.2) is 51.4 Å². The second-order valence-corrected chi connectivity index (χ2v) is 5.39. The summed E-state index contributed by atoms with van der Waals surface area (Å²) >= 11 is 0. The van der Waals surface area contributed by atoms with Gasteiger partial charge in [-0.25, -0.2) is 0 Å². The summed E-state index contributed by atoms with van der Waals surface area (Å²) in [6.45, 7) is 7.50. The first kappa shape index (κ1) is 20.8. The molecule has 0 aliphatic carbocycles. The van der Waals surface area contributed by atoms with E-state index < -0.39 is 0 Å². The Bertz CT molecular complexity index is 158. The minimum atomic E-state index is 0.265. The van der Waals surface area contributed by atoms with E-state index in [2.05, 4.69) is 6.92 Å². The van der Waals surface area contributed by atoms with E-state index in [0.29, 0.717) is 0 Å². The Kier molecular flexibility index (Phi) is 19.7. The van der Waals surface area contributed by atoms with Gasteiger partial charge in [-0.3, -0.25) is 0 Å². The molecular formula is C17H36O4. The van der Waals surface area contributed by atoms with Crippen molar-refractivity contribution in [2.75, 3.05) is 46.2 Å². The van der Waals surface area contributed by atoms with Gasteiger partial charge in [0.2, 0.25) is 0 Å². The highest BCUT2D eigenvalue weighted by molar-refractivity contribution is 4.43. The second-order valence-electron chi connectivity index (χ2n) is 5.39. The lowest BCUT2D eigenvalue weighted by atomic mass is 10.3. The maximum atomic E-state index is 8.61. The van der Waals surface area contributed by atoms with Crippen LogP contribution >= 0.6 is 0 Å². The Hall–Kier alpha value is -0.160. The van der Waals surface area contributed by atoms with E-state index in [4.69, 9.17) is 19.3 Å². The zero-order chi connectivity index (χ0) is 15.4. The molecule has 0 rings (SSSR count). The number of rotatable bonds is 18. The third-order valence-electron chi connectivity index (χ3n) is 3.24. The van der Waals surface area contributed by atoms with E-state index in [9.17, 15) is 0 Å².